The third-order valence-electron chi connectivity index (χ3n) is 4.47. The molecule has 0 saturated carbocycles. The van der Waals surface area contributed by atoms with Crippen LogP contribution in [0, 0.1) is 5.92 Å². The maximum absolute atomic E-state index is 12.2. The van der Waals surface area contributed by atoms with Gasteiger partial charge in [-0.1, -0.05) is 0 Å². The molecule has 0 aromatic carbocycles. The second-order valence-electron chi connectivity index (χ2n) is 7.84. The second kappa shape index (κ2) is 7.75. The van der Waals surface area contributed by atoms with Gasteiger partial charge in [-0.3, -0.25) is 10.2 Å². The number of carbonyl (C=O) groups is 1. The van der Waals surface area contributed by atoms with Gasteiger partial charge in [0.1, 0.15) is 11.4 Å². The number of fused-ring (bicyclic) bond motifs is 1. The summed E-state index contributed by atoms with van der Waals surface area (Å²) in [7, 11) is 1.79. The van der Waals surface area contributed by atoms with Crippen LogP contribution in [-0.4, -0.2) is 54.9 Å². The lowest BCUT2D eigenvalue weighted by Crippen LogP contribution is -2.37. The van der Waals surface area contributed by atoms with E-state index in [0.717, 1.165) is 43.0 Å². The smallest absolute Gasteiger partial charge is 0.306 e. The minimum Gasteiger partial charge on any atom is -0.460 e. The van der Waals surface area contributed by atoms with Gasteiger partial charge in [0.25, 0.3) is 0 Å². The van der Waals surface area contributed by atoms with Gasteiger partial charge in [-0.15, -0.1) is 0 Å². The molecule has 1 saturated heterocycles. The van der Waals surface area contributed by atoms with Crippen LogP contribution in [0.15, 0.2) is 0 Å². The van der Waals surface area contributed by atoms with Gasteiger partial charge < -0.3 is 14.4 Å². The largest absolute Gasteiger partial charge is 0.460 e. The Kier molecular flexibility index (Phi) is 5.62. The van der Waals surface area contributed by atoms with Gasteiger partial charge in [0.2, 0.25) is 5.95 Å². The van der Waals surface area contributed by atoms with Crippen molar-refractivity contribution >= 4 is 17.7 Å². The summed E-state index contributed by atoms with van der Waals surface area (Å²) in [6, 6.07) is 0. The number of hydrogen-bond donors (Lipinski definition) is 2. The Morgan fingerprint density at radius 1 is 1.27 bits per heavy atom. The van der Waals surface area contributed by atoms with Gasteiger partial charge in [0.15, 0.2) is 0 Å². The first kappa shape index (κ1) is 18.8. The standard InChI is InChI=1S/C18H29N5O3/c1-18(2,3)26-15(24)11-12-9-13-14(10-12)20-17(22-19-4)21-16(13)23-5-7-25-8-6-23/h12,19H,5-11H2,1-4H3,(H,20,21,22). The third kappa shape index (κ3) is 4.62. The molecule has 2 heterocycles. The van der Waals surface area contributed by atoms with E-state index in [-0.39, 0.29) is 11.9 Å². The molecule has 8 heteroatoms. The van der Waals surface area contributed by atoms with E-state index in [0.29, 0.717) is 25.6 Å². The summed E-state index contributed by atoms with van der Waals surface area (Å²) in [5.41, 5.74) is 7.59. The molecule has 0 bridgehead atoms. The third-order valence-corrected chi connectivity index (χ3v) is 4.47. The van der Waals surface area contributed by atoms with Crippen molar-refractivity contribution < 1.29 is 14.3 Å². The van der Waals surface area contributed by atoms with Gasteiger partial charge in [-0.05, 0) is 39.5 Å². The highest BCUT2D eigenvalue weighted by atomic mass is 16.6. The maximum Gasteiger partial charge on any atom is 0.306 e. The number of esters is 1. The number of hydrazine groups is 1. The number of anilines is 2. The zero-order valence-corrected chi connectivity index (χ0v) is 16.1. The van der Waals surface area contributed by atoms with Crippen LogP contribution in [0.4, 0.5) is 11.8 Å². The fourth-order valence-corrected chi connectivity index (χ4v) is 3.50. The maximum atomic E-state index is 12.2. The Labute approximate surface area is 154 Å². The minimum atomic E-state index is -0.453. The van der Waals surface area contributed by atoms with Gasteiger partial charge in [0.05, 0.1) is 18.9 Å². The number of hydrogen-bond acceptors (Lipinski definition) is 8. The van der Waals surface area contributed by atoms with Crippen molar-refractivity contribution in [2.24, 2.45) is 5.92 Å². The van der Waals surface area contributed by atoms with Gasteiger partial charge in [-0.2, -0.15) is 4.98 Å². The number of morpholine rings is 1. The van der Waals surface area contributed by atoms with Crippen molar-refractivity contribution in [3.05, 3.63) is 11.3 Å². The number of nitrogens with zero attached hydrogens (tertiary/aromatic N) is 3. The molecule has 2 N–H and O–H groups in total. The SMILES string of the molecule is CNNc1nc2c(c(N3CCOCC3)n1)CC(CC(=O)OC(C)(C)C)C2. The van der Waals surface area contributed by atoms with Crippen LogP contribution < -0.4 is 15.8 Å². The van der Waals surface area contributed by atoms with Crippen LogP contribution >= 0.6 is 0 Å². The van der Waals surface area contributed by atoms with Crippen LogP contribution in [0.3, 0.4) is 0 Å². The number of nitrogens with one attached hydrogen (secondary N) is 2. The molecule has 1 aliphatic heterocycles. The number of aromatic nitrogens is 2. The highest BCUT2D eigenvalue weighted by Crippen LogP contribution is 2.35. The molecule has 1 unspecified atom stereocenters. The first-order chi connectivity index (χ1) is 12.4. The predicted molar refractivity (Wildman–Crippen MR) is 99.1 cm³/mol. The predicted octanol–water partition coefficient (Wildman–Crippen LogP) is 1.31. The lowest BCUT2D eigenvalue weighted by atomic mass is 10.0. The Hall–Kier alpha value is -1.93. The van der Waals surface area contributed by atoms with Crippen molar-refractivity contribution in [1.29, 1.82) is 0 Å². The Morgan fingerprint density at radius 3 is 2.65 bits per heavy atom. The summed E-state index contributed by atoms with van der Waals surface area (Å²) in [6.45, 7) is 8.73. The molecule has 144 valence electrons. The van der Waals surface area contributed by atoms with E-state index in [1.807, 2.05) is 20.8 Å². The molecule has 1 atom stereocenters. The quantitative estimate of drug-likeness (QED) is 0.598. The van der Waals surface area contributed by atoms with Gasteiger partial charge >= 0.3 is 5.97 Å². The molecule has 1 aliphatic carbocycles. The van der Waals surface area contributed by atoms with Crippen LogP contribution in [0.1, 0.15) is 38.4 Å². The summed E-state index contributed by atoms with van der Waals surface area (Å²) < 4.78 is 10.9. The second-order valence-corrected chi connectivity index (χ2v) is 7.84. The molecule has 0 amide bonds. The van der Waals surface area contributed by atoms with Crippen molar-refractivity contribution in [1.82, 2.24) is 15.4 Å². The number of carbonyl (C=O) groups excluding carboxylic acids is 1. The van der Waals surface area contributed by atoms with Crippen LogP contribution in [0.25, 0.3) is 0 Å². The molecule has 26 heavy (non-hydrogen) atoms. The van der Waals surface area contributed by atoms with Crippen LogP contribution in [-0.2, 0) is 27.1 Å². The lowest BCUT2D eigenvalue weighted by molar-refractivity contribution is -0.155. The molecule has 0 radical (unpaired) electrons. The fourth-order valence-electron chi connectivity index (χ4n) is 3.50. The average Bonchev–Trinajstić information content (AvgIpc) is 2.95. The van der Waals surface area contributed by atoms with Gasteiger partial charge in [-0.25, -0.2) is 10.4 Å². The molecule has 1 aromatic heterocycles. The van der Waals surface area contributed by atoms with Crippen molar-refractivity contribution in [3.8, 4) is 0 Å². The molecule has 8 nitrogen and oxygen atoms in total. The van der Waals surface area contributed by atoms with E-state index >= 15 is 0 Å². The molecule has 0 spiro atoms. The molecule has 2 aliphatic rings. The van der Waals surface area contributed by atoms with Crippen LogP contribution in [0.5, 0.6) is 0 Å². The van der Waals surface area contributed by atoms with Crippen molar-refractivity contribution in [2.45, 2.75) is 45.6 Å². The van der Waals surface area contributed by atoms with E-state index in [9.17, 15) is 4.79 Å². The van der Waals surface area contributed by atoms with Crippen LogP contribution in [0.2, 0.25) is 0 Å². The summed E-state index contributed by atoms with van der Waals surface area (Å²) in [5.74, 6) is 1.58. The average molecular weight is 363 g/mol. The summed E-state index contributed by atoms with van der Waals surface area (Å²) in [4.78, 5) is 23.8. The highest BCUT2D eigenvalue weighted by molar-refractivity contribution is 5.70. The van der Waals surface area contributed by atoms with E-state index in [2.05, 4.69) is 20.7 Å². The molecular weight excluding hydrogens is 334 g/mol. The Bertz CT molecular complexity index is 653. The van der Waals surface area contributed by atoms with Crippen molar-refractivity contribution in [3.63, 3.8) is 0 Å². The highest BCUT2D eigenvalue weighted by Gasteiger charge is 2.32. The zero-order valence-electron chi connectivity index (χ0n) is 16.1. The fraction of sp³-hybridized carbons (Fsp3) is 0.722. The van der Waals surface area contributed by atoms with E-state index in [1.165, 1.54) is 0 Å². The van der Waals surface area contributed by atoms with E-state index < -0.39 is 5.60 Å². The molecule has 1 aromatic rings. The number of ether oxygens (including phenoxy) is 2. The minimum absolute atomic E-state index is 0.148. The lowest BCUT2D eigenvalue weighted by Gasteiger charge is -2.29. The first-order valence-corrected chi connectivity index (χ1v) is 9.23. The number of rotatable bonds is 5. The summed E-state index contributed by atoms with van der Waals surface area (Å²) in [6.07, 6.45) is 1.99. The van der Waals surface area contributed by atoms with E-state index in [1.54, 1.807) is 7.05 Å². The molecular formula is C18H29N5O3. The summed E-state index contributed by atoms with van der Waals surface area (Å²) >= 11 is 0. The normalized spacial score (nSPS) is 20.0. The molecule has 3 rings (SSSR count). The first-order valence-electron chi connectivity index (χ1n) is 9.23. The Balaban J connectivity index is 1.77. The molecule has 1 fully saturated rings. The van der Waals surface area contributed by atoms with Crippen molar-refractivity contribution in [2.75, 3.05) is 43.7 Å². The monoisotopic (exact) mass is 363 g/mol. The Morgan fingerprint density at radius 2 is 2.00 bits per heavy atom. The van der Waals surface area contributed by atoms with E-state index in [4.69, 9.17) is 14.5 Å². The topological polar surface area (TPSA) is 88.6 Å². The zero-order chi connectivity index (χ0) is 18.7. The van der Waals surface area contributed by atoms with Gasteiger partial charge in [0, 0.05) is 32.1 Å². The summed E-state index contributed by atoms with van der Waals surface area (Å²) in [5, 5.41) is 0.